The van der Waals surface area contributed by atoms with E-state index >= 15 is 0 Å². The Kier molecular flexibility index (Phi) is 10.5. The Bertz CT molecular complexity index is 967. The van der Waals surface area contributed by atoms with Crippen LogP contribution in [-0.2, 0) is 19.4 Å². The van der Waals surface area contributed by atoms with E-state index in [4.69, 9.17) is 9.47 Å². The van der Waals surface area contributed by atoms with Crippen LogP contribution >= 0.6 is 0 Å². The molecule has 0 unspecified atom stereocenters. The third-order valence-corrected chi connectivity index (χ3v) is 6.94. The van der Waals surface area contributed by atoms with E-state index in [-0.39, 0.29) is 0 Å². The van der Waals surface area contributed by atoms with Crippen LogP contribution in [-0.4, -0.2) is 19.8 Å². The van der Waals surface area contributed by atoms with Gasteiger partial charge < -0.3 is 14.8 Å². The van der Waals surface area contributed by atoms with Gasteiger partial charge in [0.1, 0.15) is 11.5 Å². The molecule has 0 heterocycles. The molecule has 3 heteroatoms. The number of benzene rings is 3. The van der Waals surface area contributed by atoms with Gasteiger partial charge in [0, 0.05) is 18.2 Å². The molecule has 0 spiro atoms. The zero-order chi connectivity index (χ0) is 24.0. The summed E-state index contributed by atoms with van der Waals surface area (Å²) in [7, 11) is 0. The molecule has 0 radical (unpaired) electrons. The molecule has 3 aromatic carbocycles. The summed E-state index contributed by atoms with van der Waals surface area (Å²) in [4.78, 5) is 0. The first kappa shape index (κ1) is 25.3. The van der Waals surface area contributed by atoms with Crippen molar-refractivity contribution in [2.24, 2.45) is 5.92 Å². The molecule has 1 fully saturated rings. The minimum atomic E-state index is 0.710. The van der Waals surface area contributed by atoms with Gasteiger partial charge in [-0.25, -0.2) is 0 Å². The van der Waals surface area contributed by atoms with Gasteiger partial charge in [-0.15, -0.1) is 0 Å². The van der Waals surface area contributed by atoms with Crippen LogP contribution < -0.4 is 14.8 Å². The van der Waals surface area contributed by atoms with Crippen molar-refractivity contribution in [2.75, 3.05) is 19.8 Å². The fraction of sp³-hybridized carbons (Fsp3) is 0.438. The van der Waals surface area contributed by atoms with Gasteiger partial charge in [-0.05, 0) is 68.2 Å². The molecular formula is C32H41NO2. The predicted molar refractivity (Wildman–Crippen MR) is 145 cm³/mol. The van der Waals surface area contributed by atoms with E-state index in [2.05, 4.69) is 84.2 Å². The summed E-state index contributed by atoms with van der Waals surface area (Å²) in [6, 6.07) is 27.6. The molecule has 186 valence electrons. The third kappa shape index (κ3) is 9.07. The molecule has 1 aliphatic rings. The average molecular weight is 472 g/mol. The topological polar surface area (TPSA) is 30.5 Å². The smallest absolute Gasteiger partial charge is 0.127 e. The number of hydrogen-bond donors (Lipinski definition) is 1. The lowest BCUT2D eigenvalue weighted by Gasteiger charge is -2.22. The number of ether oxygens (including phenoxy) is 2. The zero-order valence-corrected chi connectivity index (χ0v) is 21.1. The van der Waals surface area contributed by atoms with Crippen molar-refractivity contribution in [3.63, 3.8) is 0 Å². The first-order chi connectivity index (χ1) is 17.4. The van der Waals surface area contributed by atoms with Gasteiger partial charge in [0.25, 0.3) is 0 Å². The molecule has 0 aliphatic heterocycles. The van der Waals surface area contributed by atoms with E-state index < -0.39 is 0 Å². The molecule has 1 aliphatic carbocycles. The van der Waals surface area contributed by atoms with E-state index in [1.54, 1.807) is 0 Å². The minimum absolute atomic E-state index is 0.710. The molecule has 0 atom stereocenters. The number of rotatable bonds is 14. The van der Waals surface area contributed by atoms with Gasteiger partial charge >= 0.3 is 0 Å². The molecule has 0 amide bonds. The molecule has 35 heavy (non-hydrogen) atoms. The highest BCUT2D eigenvalue weighted by Crippen LogP contribution is 2.27. The van der Waals surface area contributed by atoms with Gasteiger partial charge in [0.2, 0.25) is 0 Å². The third-order valence-electron chi connectivity index (χ3n) is 6.94. The van der Waals surface area contributed by atoms with E-state index in [1.807, 2.05) is 0 Å². The Morgan fingerprint density at radius 3 is 1.97 bits per heavy atom. The van der Waals surface area contributed by atoms with E-state index in [1.165, 1.54) is 48.8 Å². The zero-order valence-electron chi connectivity index (χ0n) is 21.1. The first-order valence-corrected chi connectivity index (χ1v) is 13.5. The van der Waals surface area contributed by atoms with Crippen molar-refractivity contribution >= 4 is 0 Å². The summed E-state index contributed by atoms with van der Waals surface area (Å²) < 4.78 is 12.4. The average Bonchev–Trinajstić information content (AvgIpc) is 2.92. The SMILES string of the molecule is c1ccc(CCCOc2ccc(CNCC3CCCCC3)c(OCCCc3ccccc3)c2)cc1. The number of aryl methyl sites for hydroxylation is 2. The quantitative estimate of drug-likeness (QED) is 0.249. The molecule has 3 aromatic rings. The summed E-state index contributed by atoms with van der Waals surface area (Å²) in [5.74, 6) is 2.67. The van der Waals surface area contributed by atoms with Crippen molar-refractivity contribution in [2.45, 2.75) is 64.3 Å². The van der Waals surface area contributed by atoms with Gasteiger partial charge in [-0.3, -0.25) is 0 Å². The first-order valence-electron chi connectivity index (χ1n) is 13.5. The molecular weight excluding hydrogens is 430 g/mol. The van der Waals surface area contributed by atoms with Crippen LogP contribution in [0.2, 0.25) is 0 Å². The van der Waals surface area contributed by atoms with E-state index in [9.17, 15) is 0 Å². The van der Waals surface area contributed by atoms with Crippen LogP contribution in [0.5, 0.6) is 11.5 Å². The second-order valence-electron chi connectivity index (χ2n) is 9.78. The Morgan fingerprint density at radius 1 is 0.686 bits per heavy atom. The highest BCUT2D eigenvalue weighted by Gasteiger charge is 2.13. The maximum absolute atomic E-state index is 6.30. The maximum atomic E-state index is 6.30. The fourth-order valence-electron chi connectivity index (χ4n) is 4.92. The molecule has 0 bridgehead atoms. The van der Waals surface area contributed by atoms with Gasteiger partial charge in [0.05, 0.1) is 13.2 Å². The van der Waals surface area contributed by atoms with Gasteiger partial charge in [-0.2, -0.15) is 0 Å². The standard InChI is InChI=1S/C32H41NO2/c1-4-12-27(13-5-1)18-10-22-34-31-21-20-30(26-33-25-29-16-8-3-9-17-29)32(24-31)35-23-11-19-28-14-6-2-7-15-28/h1-2,4-7,12-15,20-21,24,29,33H,3,8-11,16-19,22-23,25-26H2. The van der Waals surface area contributed by atoms with Crippen LogP contribution in [0, 0.1) is 5.92 Å². The van der Waals surface area contributed by atoms with Crippen LogP contribution in [0.1, 0.15) is 61.6 Å². The lowest BCUT2D eigenvalue weighted by atomic mass is 9.89. The summed E-state index contributed by atoms with van der Waals surface area (Å²) in [6.07, 6.45) is 11.0. The van der Waals surface area contributed by atoms with Crippen LogP contribution in [0.25, 0.3) is 0 Å². The Balaban J connectivity index is 1.28. The summed E-state index contributed by atoms with van der Waals surface area (Å²) in [5, 5.41) is 3.70. The van der Waals surface area contributed by atoms with Gasteiger partial charge in [-0.1, -0.05) is 86.0 Å². The molecule has 3 nitrogen and oxygen atoms in total. The highest BCUT2D eigenvalue weighted by atomic mass is 16.5. The van der Waals surface area contributed by atoms with Crippen LogP contribution in [0.3, 0.4) is 0 Å². The Hall–Kier alpha value is -2.78. The lowest BCUT2D eigenvalue weighted by molar-refractivity contribution is 0.292. The van der Waals surface area contributed by atoms with E-state index in [0.29, 0.717) is 13.2 Å². The molecule has 1 saturated carbocycles. The largest absolute Gasteiger partial charge is 0.493 e. The fourth-order valence-corrected chi connectivity index (χ4v) is 4.92. The number of nitrogens with one attached hydrogen (secondary N) is 1. The molecule has 1 N–H and O–H groups in total. The molecule has 4 rings (SSSR count). The minimum Gasteiger partial charge on any atom is -0.493 e. The second kappa shape index (κ2) is 14.6. The molecule has 0 aromatic heterocycles. The Labute approximate surface area is 211 Å². The van der Waals surface area contributed by atoms with Crippen molar-refractivity contribution in [3.8, 4) is 11.5 Å². The summed E-state index contributed by atoms with van der Waals surface area (Å²) in [5.41, 5.74) is 3.94. The highest BCUT2D eigenvalue weighted by molar-refractivity contribution is 5.41. The van der Waals surface area contributed by atoms with Crippen molar-refractivity contribution in [1.29, 1.82) is 0 Å². The lowest BCUT2D eigenvalue weighted by Crippen LogP contribution is -2.24. The summed E-state index contributed by atoms with van der Waals surface area (Å²) >= 11 is 0. The second-order valence-corrected chi connectivity index (χ2v) is 9.78. The van der Waals surface area contributed by atoms with Crippen LogP contribution in [0.15, 0.2) is 78.9 Å². The Morgan fingerprint density at radius 2 is 1.31 bits per heavy atom. The molecule has 0 saturated heterocycles. The van der Waals surface area contributed by atoms with E-state index in [0.717, 1.165) is 56.2 Å². The monoisotopic (exact) mass is 471 g/mol. The normalized spacial score (nSPS) is 14.1. The number of hydrogen-bond acceptors (Lipinski definition) is 3. The summed E-state index contributed by atoms with van der Waals surface area (Å²) in [6.45, 7) is 3.37. The van der Waals surface area contributed by atoms with Crippen molar-refractivity contribution in [3.05, 3.63) is 95.6 Å². The van der Waals surface area contributed by atoms with Crippen molar-refractivity contribution < 1.29 is 9.47 Å². The van der Waals surface area contributed by atoms with Crippen LogP contribution in [0.4, 0.5) is 0 Å². The maximum Gasteiger partial charge on any atom is 0.127 e. The predicted octanol–water partition coefficient (Wildman–Crippen LogP) is 7.38. The van der Waals surface area contributed by atoms with Gasteiger partial charge in [0.15, 0.2) is 0 Å². The van der Waals surface area contributed by atoms with Crippen molar-refractivity contribution in [1.82, 2.24) is 5.32 Å².